The molecular formula is C31H27NO7. The van der Waals surface area contributed by atoms with Crippen LogP contribution in [0.25, 0.3) is 6.08 Å². The van der Waals surface area contributed by atoms with Gasteiger partial charge in [-0.05, 0) is 29.3 Å². The third-order valence-electron chi connectivity index (χ3n) is 8.20. The van der Waals surface area contributed by atoms with E-state index >= 15 is 0 Å². The molecule has 0 amide bonds. The standard InChI is InChI=1S/C31H27NO7/c1-36-22-15-18(16-23(37-2)27(22)38-3)25-26(30(35)39-4)32-21-12-8-5-9-17(21)13-14-24(32)31(25)28(33)19-10-6-7-11-20(19)29(31)34/h5-16,24-26H,1-4H3/t24?,25-,26+/m0/s1. The molecule has 1 fully saturated rings. The van der Waals surface area contributed by atoms with Gasteiger partial charge >= 0.3 is 5.97 Å². The summed E-state index contributed by atoms with van der Waals surface area (Å²) in [5, 5.41) is 0. The summed E-state index contributed by atoms with van der Waals surface area (Å²) in [5.74, 6) is -1.09. The first-order valence-electron chi connectivity index (χ1n) is 12.6. The molecule has 1 aliphatic carbocycles. The first kappa shape index (κ1) is 24.7. The van der Waals surface area contributed by atoms with E-state index in [0.717, 1.165) is 11.3 Å². The van der Waals surface area contributed by atoms with Crippen LogP contribution in [0.4, 0.5) is 5.69 Å². The Balaban J connectivity index is 1.70. The van der Waals surface area contributed by atoms with E-state index in [4.69, 9.17) is 18.9 Å². The zero-order valence-corrected chi connectivity index (χ0v) is 22.0. The Hall–Kier alpha value is -4.59. The summed E-state index contributed by atoms with van der Waals surface area (Å²) in [6.07, 6.45) is 3.77. The molecule has 6 rings (SSSR count). The number of ether oxygens (including phenoxy) is 4. The van der Waals surface area contributed by atoms with Crippen LogP contribution in [0.2, 0.25) is 0 Å². The van der Waals surface area contributed by atoms with Crippen LogP contribution in [-0.4, -0.2) is 58.1 Å². The van der Waals surface area contributed by atoms with Gasteiger partial charge in [0.05, 0.1) is 34.5 Å². The molecular weight excluding hydrogens is 498 g/mol. The van der Waals surface area contributed by atoms with Gasteiger partial charge in [-0.15, -0.1) is 0 Å². The molecule has 198 valence electrons. The lowest BCUT2D eigenvalue weighted by molar-refractivity contribution is -0.142. The molecule has 8 nitrogen and oxygen atoms in total. The molecule has 1 unspecified atom stereocenters. The number of hydrogen-bond donors (Lipinski definition) is 0. The number of rotatable bonds is 5. The molecule has 39 heavy (non-hydrogen) atoms. The average molecular weight is 526 g/mol. The molecule has 0 bridgehead atoms. The highest BCUT2D eigenvalue weighted by Gasteiger charge is 2.72. The summed E-state index contributed by atoms with van der Waals surface area (Å²) < 4.78 is 22.1. The lowest BCUT2D eigenvalue weighted by Crippen LogP contribution is -2.48. The van der Waals surface area contributed by atoms with Crippen molar-refractivity contribution in [1.82, 2.24) is 0 Å². The summed E-state index contributed by atoms with van der Waals surface area (Å²) >= 11 is 0. The highest BCUT2D eigenvalue weighted by molar-refractivity contribution is 6.32. The monoisotopic (exact) mass is 525 g/mol. The number of Topliss-reactive ketones (excluding diaryl/α,β-unsaturated/α-hetero) is 2. The summed E-state index contributed by atoms with van der Waals surface area (Å²) in [7, 11) is 5.80. The van der Waals surface area contributed by atoms with Crippen molar-refractivity contribution in [2.75, 3.05) is 33.3 Å². The third kappa shape index (κ3) is 3.14. The second kappa shape index (κ2) is 9.01. The first-order chi connectivity index (χ1) is 18.9. The molecule has 3 aromatic carbocycles. The molecule has 8 heteroatoms. The fourth-order valence-corrected chi connectivity index (χ4v) is 6.66. The summed E-state index contributed by atoms with van der Waals surface area (Å²) in [5.41, 5.74) is 1.19. The Morgan fingerprint density at radius 2 is 1.41 bits per heavy atom. The highest BCUT2D eigenvalue weighted by atomic mass is 16.5. The molecule has 2 aliphatic heterocycles. The molecule has 0 N–H and O–H groups in total. The van der Waals surface area contributed by atoms with Gasteiger partial charge in [-0.2, -0.15) is 0 Å². The van der Waals surface area contributed by atoms with Gasteiger partial charge in [-0.25, -0.2) is 4.79 Å². The Morgan fingerprint density at radius 1 is 0.821 bits per heavy atom. The van der Waals surface area contributed by atoms with E-state index in [0.29, 0.717) is 33.9 Å². The smallest absolute Gasteiger partial charge is 0.329 e. The molecule has 3 aromatic rings. The van der Waals surface area contributed by atoms with E-state index in [-0.39, 0.29) is 11.6 Å². The van der Waals surface area contributed by atoms with Crippen molar-refractivity contribution in [1.29, 1.82) is 0 Å². The number of hydrogen-bond acceptors (Lipinski definition) is 8. The average Bonchev–Trinajstić information content (AvgIpc) is 3.42. The van der Waals surface area contributed by atoms with Gasteiger partial charge < -0.3 is 23.8 Å². The zero-order chi connectivity index (χ0) is 27.5. The number of ketones is 2. The molecule has 3 aliphatic rings. The maximum atomic E-state index is 14.5. The minimum absolute atomic E-state index is 0.327. The van der Waals surface area contributed by atoms with Gasteiger partial charge in [0.1, 0.15) is 11.5 Å². The van der Waals surface area contributed by atoms with Crippen LogP contribution in [0.3, 0.4) is 0 Å². The van der Waals surface area contributed by atoms with E-state index < -0.39 is 29.4 Å². The third-order valence-corrected chi connectivity index (χ3v) is 8.20. The number of esters is 1. The van der Waals surface area contributed by atoms with Crippen molar-refractivity contribution < 1.29 is 33.3 Å². The maximum absolute atomic E-state index is 14.5. The van der Waals surface area contributed by atoms with Gasteiger partial charge in [0.2, 0.25) is 5.75 Å². The Bertz CT molecular complexity index is 1500. The largest absolute Gasteiger partial charge is 0.493 e. The SMILES string of the molecule is COC(=O)[C@H]1[C@H](c2cc(OC)c(OC)c(OC)c2)C2(C(=O)c3ccccc3C2=O)C2C=Cc3ccccc3N21. The van der Waals surface area contributed by atoms with Crippen LogP contribution in [0.1, 0.15) is 37.8 Å². The van der Waals surface area contributed by atoms with Gasteiger partial charge in [0, 0.05) is 22.7 Å². The highest BCUT2D eigenvalue weighted by Crippen LogP contribution is 2.61. The van der Waals surface area contributed by atoms with Crippen LogP contribution >= 0.6 is 0 Å². The number of para-hydroxylation sites is 1. The number of fused-ring (bicyclic) bond motifs is 5. The maximum Gasteiger partial charge on any atom is 0.329 e. The van der Waals surface area contributed by atoms with Crippen molar-refractivity contribution in [3.63, 3.8) is 0 Å². The summed E-state index contributed by atoms with van der Waals surface area (Å²) in [6.45, 7) is 0. The van der Waals surface area contributed by atoms with Gasteiger partial charge in [0.15, 0.2) is 23.1 Å². The second-order valence-electron chi connectivity index (χ2n) is 9.75. The van der Waals surface area contributed by atoms with E-state index in [1.807, 2.05) is 41.3 Å². The molecule has 0 saturated carbocycles. The molecule has 1 saturated heterocycles. The zero-order valence-electron chi connectivity index (χ0n) is 22.0. The molecule has 1 spiro atoms. The van der Waals surface area contributed by atoms with Crippen LogP contribution < -0.4 is 19.1 Å². The number of carbonyl (C=O) groups excluding carboxylic acids is 3. The Labute approximate surface area is 225 Å². The van der Waals surface area contributed by atoms with Gasteiger partial charge in [-0.1, -0.05) is 54.6 Å². The number of anilines is 1. The van der Waals surface area contributed by atoms with Crippen molar-refractivity contribution in [2.45, 2.75) is 18.0 Å². The number of nitrogens with zero attached hydrogens (tertiary/aromatic N) is 1. The van der Waals surface area contributed by atoms with E-state index in [1.165, 1.54) is 28.4 Å². The van der Waals surface area contributed by atoms with Crippen molar-refractivity contribution in [3.8, 4) is 17.2 Å². The van der Waals surface area contributed by atoms with Crippen molar-refractivity contribution in [2.24, 2.45) is 5.41 Å². The molecule has 0 aromatic heterocycles. The molecule has 3 atom stereocenters. The molecule has 2 heterocycles. The Kier molecular flexibility index (Phi) is 5.71. The van der Waals surface area contributed by atoms with Crippen LogP contribution in [0.5, 0.6) is 17.2 Å². The normalized spacial score (nSPS) is 21.8. The van der Waals surface area contributed by atoms with Crippen LogP contribution in [0, 0.1) is 5.41 Å². The topological polar surface area (TPSA) is 91.4 Å². The molecule has 0 radical (unpaired) electrons. The number of carbonyl (C=O) groups is 3. The van der Waals surface area contributed by atoms with Crippen molar-refractivity contribution >= 4 is 29.3 Å². The minimum Gasteiger partial charge on any atom is -0.493 e. The van der Waals surface area contributed by atoms with E-state index in [2.05, 4.69) is 0 Å². The summed E-state index contributed by atoms with van der Waals surface area (Å²) in [4.78, 5) is 44.7. The lowest BCUT2D eigenvalue weighted by Gasteiger charge is -2.36. The van der Waals surface area contributed by atoms with Crippen molar-refractivity contribution in [3.05, 3.63) is 89.0 Å². The quantitative estimate of drug-likeness (QED) is 0.359. The summed E-state index contributed by atoms with van der Waals surface area (Å²) in [6, 6.07) is 16.1. The predicted octanol–water partition coefficient (Wildman–Crippen LogP) is 4.32. The fourth-order valence-electron chi connectivity index (χ4n) is 6.66. The fraction of sp³-hybridized carbons (Fsp3) is 0.258. The number of benzene rings is 3. The van der Waals surface area contributed by atoms with E-state index in [1.54, 1.807) is 36.4 Å². The van der Waals surface area contributed by atoms with Crippen LogP contribution in [0.15, 0.2) is 66.7 Å². The predicted molar refractivity (Wildman–Crippen MR) is 144 cm³/mol. The number of methoxy groups -OCH3 is 4. The lowest BCUT2D eigenvalue weighted by atomic mass is 9.64. The van der Waals surface area contributed by atoms with E-state index in [9.17, 15) is 14.4 Å². The second-order valence-corrected chi connectivity index (χ2v) is 9.75. The first-order valence-corrected chi connectivity index (χ1v) is 12.6. The van der Waals surface area contributed by atoms with Crippen LogP contribution in [-0.2, 0) is 9.53 Å². The Morgan fingerprint density at radius 3 is 1.97 bits per heavy atom. The minimum atomic E-state index is -1.64. The van der Waals surface area contributed by atoms with Gasteiger partial charge in [0.25, 0.3) is 0 Å². The van der Waals surface area contributed by atoms with Gasteiger partial charge in [-0.3, -0.25) is 9.59 Å².